The Labute approximate surface area is 168 Å². The van der Waals surface area contributed by atoms with Crippen molar-refractivity contribution in [1.82, 2.24) is 30.5 Å². The van der Waals surface area contributed by atoms with Gasteiger partial charge in [-0.15, -0.1) is 0 Å². The minimum atomic E-state index is -0.252. The minimum Gasteiger partial charge on any atom is -0.347 e. The number of nitrogens with one attached hydrogen (secondary N) is 2. The second kappa shape index (κ2) is 8.02. The molecule has 3 heterocycles. The summed E-state index contributed by atoms with van der Waals surface area (Å²) in [5.41, 5.74) is 7.15. The molecule has 0 unspecified atom stereocenters. The highest BCUT2D eigenvalue weighted by Gasteiger charge is 2.13. The minimum absolute atomic E-state index is 0.252. The summed E-state index contributed by atoms with van der Waals surface area (Å²) in [4.78, 5) is 24.7. The number of H-pyrrole nitrogens is 1. The maximum Gasteiger partial charge on any atom is 0.271 e. The summed E-state index contributed by atoms with van der Waals surface area (Å²) in [5.74, 6) is -0.252. The summed E-state index contributed by atoms with van der Waals surface area (Å²) in [6, 6.07) is 9.97. The predicted octanol–water partition coefficient (Wildman–Crippen LogP) is 3.48. The van der Waals surface area contributed by atoms with Crippen molar-refractivity contribution in [3.05, 3.63) is 83.8 Å². The molecule has 0 spiro atoms. The normalized spacial score (nSPS) is 10.7. The van der Waals surface area contributed by atoms with Gasteiger partial charge in [-0.3, -0.25) is 19.9 Å². The zero-order valence-corrected chi connectivity index (χ0v) is 16.2. The van der Waals surface area contributed by atoms with Crippen molar-refractivity contribution in [1.29, 1.82) is 0 Å². The van der Waals surface area contributed by atoms with Crippen LogP contribution in [-0.4, -0.2) is 31.1 Å². The molecule has 0 aliphatic rings. The van der Waals surface area contributed by atoms with Crippen LogP contribution in [0.2, 0.25) is 0 Å². The number of hydrogen-bond donors (Lipinski definition) is 2. The molecule has 0 atom stereocenters. The summed E-state index contributed by atoms with van der Waals surface area (Å²) < 4.78 is 0. The van der Waals surface area contributed by atoms with Gasteiger partial charge in [-0.2, -0.15) is 5.10 Å². The van der Waals surface area contributed by atoms with Crippen LogP contribution < -0.4 is 5.32 Å². The van der Waals surface area contributed by atoms with E-state index in [4.69, 9.17) is 0 Å². The summed E-state index contributed by atoms with van der Waals surface area (Å²) in [6.07, 6.45) is 8.50. The smallest absolute Gasteiger partial charge is 0.271 e. The van der Waals surface area contributed by atoms with Crippen molar-refractivity contribution in [3.63, 3.8) is 0 Å². The lowest BCUT2D eigenvalue weighted by atomic mass is 9.98. The quantitative estimate of drug-likeness (QED) is 0.549. The molecule has 29 heavy (non-hydrogen) atoms. The van der Waals surface area contributed by atoms with E-state index in [-0.39, 0.29) is 5.91 Å². The summed E-state index contributed by atoms with van der Waals surface area (Å²) >= 11 is 0. The van der Waals surface area contributed by atoms with Gasteiger partial charge in [0.2, 0.25) is 0 Å². The number of carbonyl (C=O) groups is 1. The van der Waals surface area contributed by atoms with E-state index < -0.39 is 0 Å². The maximum atomic E-state index is 12.3. The van der Waals surface area contributed by atoms with Gasteiger partial charge < -0.3 is 5.32 Å². The number of aryl methyl sites for hydroxylation is 2. The predicted molar refractivity (Wildman–Crippen MR) is 110 cm³/mol. The Bertz CT molecular complexity index is 1150. The van der Waals surface area contributed by atoms with Gasteiger partial charge in [0.1, 0.15) is 5.69 Å². The average molecular weight is 384 g/mol. The van der Waals surface area contributed by atoms with Gasteiger partial charge in [-0.1, -0.05) is 18.2 Å². The first-order chi connectivity index (χ1) is 14.1. The third-order valence-electron chi connectivity index (χ3n) is 4.63. The van der Waals surface area contributed by atoms with Crippen molar-refractivity contribution in [2.45, 2.75) is 20.4 Å². The maximum absolute atomic E-state index is 12.3. The molecule has 0 aliphatic carbocycles. The highest BCUT2D eigenvalue weighted by atomic mass is 16.1. The fourth-order valence-electron chi connectivity index (χ4n) is 3.11. The van der Waals surface area contributed by atoms with Crippen molar-refractivity contribution < 1.29 is 4.79 Å². The lowest BCUT2D eigenvalue weighted by molar-refractivity contribution is 0.0945. The van der Waals surface area contributed by atoms with E-state index in [0.717, 1.165) is 39.2 Å². The molecular weight excluding hydrogens is 364 g/mol. The third kappa shape index (κ3) is 4.03. The Hall–Kier alpha value is -3.87. The standard InChI is InChI=1S/C22H20N6O/c1-14-9-23-7-6-18(14)19-12-27-28-21(19)17-5-3-4-16(8-17)11-26-22(29)20-13-24-15(2)10-25-20/h3-10,12-13H,11H2,1-2H3,(H,26,29)(H,27,28). The van der Waals surface area contributed by atoms with Gasteiger partial charge in [-0.05, 0) is 42.7 Å². The Balaban J connectivity index is 1.54. The number of carbonyl (C=O) groups excluding carboxylic acids is 1. The highest BCUT2D eigenvalue weighted by Crippen LogP contribution is 2.31. The molecule has 0 aliphatic heterocycles. The first kappa shape index (κ1) is 18.5. The zero-order chi connectivity index (χ0) is 20.2. The van der Waals surface area contributed by atoms with Gasteiger partial charge in [0.15, 0.2) is 0 Å². The van der Waals surface area contributed by atoms with E-state index in [1.54, 1.807) is 12.4 Å². The molecule has 144 valence electrons. The van der Waals surface area contributed by atoms with Gasteiger partial charge in [0, 0.05) is 36.3 Å². The molecule has 4 aromatic rings. The van der Waals surface area contributed by atoms with Gasteiger partial charge >= 0.3 is 0 Å². The van der Waals surface area contributed by atoms with E-state index in [9.17, 15) is 4.79 Å². The molecule has 0 bridgehead atoms. The highest BCUT2D eigenvalue weighted by molar-refractivity contribution is 5.91. The second-order valence-electron chi connectivity index (χ2n) is 6.78. The molecule has 0 radical (unpaired) electrons. The van der Waals surface area contributed by atoms with Crippen LogP contribution in [0.3, 0.4) is 0 Å². The summed E-state index contributed by atoms with van der Waals surface area (Å²) in [5, 5.41) is 10.2. The van der Waals surface area contributed by atoms with Crippen LogP contribution in [0.5, 0.6) is 0 Å². The average Bonchev–Trinajstić information content (AvgIpc) is 3.23. The summed E-state index contributed by atoms with van der Waals surface area (Å²) in [6.45, 7) is 4.25. The molecule has 7 nitrogen and oxygen atoms in total. The number of rotatable bonds is 5. The van der Waals surface area contributed by atoms with E-state index in [1.807, 2.05) is 56.6 Å². The number of benzene rings is 1. The van der Waals surface area contributed by atoms with Gasteiger partial charge in [-0.25, -0.2) is 4.98 Å². The van der Waals surface area contributed by atoms with E-state index in [0.29, 0.717) is 12.2 Å². The molecule has 2 N–H and O–H groups in total. The molecule has 4 rings (SSSR count). The number of nitrogens with zero attached hydrogens (tertiary/aromatic N) is 4. The Morgan fingerprint density at radius 1 is 1.03 bits per heavy atom. The largest absolute Gasteiger partial charge is 0.347 e. The first-order valence-electron chi connectivity index (χ1n) is 9.22. The topological polar surface area (TPSA) is 96.5 Å². The van der Waals surface area contributed by atoms with E-state index >= 15 is 0 Å². The van der Waals surface area contributed by atoms with Crippen molar-refractivity contribution in [3.8, 4) is 22.4 Å². The van der Waals surface area contributed by atoms with Crippen LogP contribution >= 0.6 is 0 Å². The fourth-order valence-corrected chi connectivity index (χ4v) is 3.11. The van der Waals surface area contributed by atoms with Crippen LogP contribution in [0.4, 0.5) is 0 Å². The summed E-state index contributed by atoms with van der Waals surface area (Å²) in [7, 11) is 0. The van der Waals surface area contributed by atoms with Crippen LogP contribution in [-0.2, 0) is 6.54 Å². The Morgan fingerprint density at radius 2 is 1.93 bits per heavy atom. The van der Waals surface area contributed by atoms with Crippen molar-refractivity contribution >= 4 is 5.91 Å². The Morgan fingerprint density at radius 3 is 2.72 bits per heavy atom. The third-order valence-corrected chi connectivity index (χ3v) is 4.63. The molecule has 0 saturated carbocycles. The number of amides is 1. The lowest BCUT2D eigenvalue weighted by Crippen LogP contribution is -2.24. The Kier molecular flexibility index (Phi) is 5.11. The SMILES string of the molecule is Cc1cnc(C(=O)NCc2cccc(-c3[nH]ncc3-c3ccncc3C)c2)cn1. The van der Waals surface area contributed by atoms with E-state index in [2.05, 4.69) is 30.5 Å². The number of hydrogen-bond acceptors (Lipinski definition) is 5. The molecule has 1 amide bonds. The first-order valence-corrected chi connectivity index (χ1v) is 9.22. The molecule has 7 heteroatoms. The van der Waals surface area contributed by atoms with Gasteiger partial charge in [0.05, 0.1) is 23.8 Å². The monoisotopic (exact) mass is 384 g/mol. The number of pyridine rings is 1. The molecule has 0 fully saturated rings. The van der Waals surface area contributed by atoms with Crippen LogP contribution in [0.25, 0.3) is 22.4 Å². The molecule has 1 aromatic carbocycles. The molecule has 0 saturated heterocycles. The lowest BCUT2D eigenvalue weighted by Gasteiger charge is -2.09. The van der Waals surface area contributed by atoms with Crippen molar-refractivity contribution in [2.24, 2.45) is 0 Å². The molecule has 3 aromatic heterocycles. The van der Waals surface area contributed by atoms with Crippen LogP contribution in [0, 0.1) is 13.8 Å². The van der Waals surface area contributed by atoms with Gasteiger partial charge in [0.25, 0.3) is 5.91 Å². The van der Waals surface area contributed by atoms with Crippen LogP contribution in [0.1, 0.15) is 27.3 Å². The zero-order valence-electron chi connectivity index (χ0n) is 16.2. The molecular formula is C22H20N6O. The van der Waals surface area contributed by atoms with Crippen molar-refractivity contribution in [2.75, 3.05) is 0 Å². The fraction of sp³-hybridized carbons (Fsp3) is 0.136. The second-order valence-corrected chi connectivity index (χ2v) is 6.78. The van der Waals surface area contributed by atoms with Crippen LogP contribution in [0.15, 0.2) is 61.3 Å². The van der Waals surface area contributed by atoms with E-state index in [1.165, 1.54) is 6.20 Å². The number of aromatic nitrogens is 5. The number of aromatic amines is 1.